The van der Waals surface area contributed by atoms with Crippen LogP contribution in [0.4, 0.5) is 4.39 Å². The van der Waals surface area contributed by atoms with Gasteiger partial charge < -0.3 is 4.74 Å². The fourth-order valence-electron chi connectivity index (χ4n) is 1.97. The fraction of sp³-hybridized carbons (Fsp3) is 0.0625. The molecule has 0 saturated heterocycles. The first-order chi connectivity index (χ1) is 11.5. The van der Waals surface area contributed by atoms with E-state index in [-0.39, 0.29) is 17.3 Å². The Bertz CT molecular complexity index is 884. The van der Waals surface area contributed by atoms with E-state index in [4.69, 9.17) is 27.9 Å². The van der Waals surface area contributed by atoms with E-state index in [1.165, 1.54) is 24.3 Å². The summed E-state index contributed by atoms with van der Waals surface area (Å²) in [5.41, 5.74) is 1.57. The largest absolute Gasteiger partial charge is 0.456 e. The Kier molecular flexibility index (Phi) is 5.08. The zero-order valence-corrected chi connectivity index (χ0v) is 14.3. The quantitative estimate of drug-likeness (QED) is 0.595. The number of hydrogen-bond acceptors (Lipinski definition) is 5. The highest BCUT2D eigenvalue weighted by Gasteiger charge is 2.19. The predicted molar refractivity (Wildman–Crippen MR) is 90.9 cm³/mol. The molecular formula is C16H9Cl2FN2O2S. The van der Waals surface area contributed by atoms with Gasteiger partial charge in [0.2, 0.25) is 0 Å². The van der Waals surface area contributed by atoms with E-state index >= 15 is 0 Å². The normalized spacial score (nSPS) is 10.6. The number of hydrogen-bond donors (Lipinski definition) is 0. The summed E-state index contributed by atoms with van der Waals surface area (Å²) in [6.45, 7) is -0.00437. The minimum absolute atomic E-state index is 0.00437. The maximum atomic E-state index is 13.0. The molecule has 4 nitrogen and oxygen atoms in total. The third-order valence-corrected chi connectivity index (χ3v) is 4.46. The van der Waals surface area contributed by atoms with Crippen molar-refractivity contribution >= 4 is 40.7 Å². The van der Waals surface area contributed by atoms with Crippen molar-refractivity contribution in [2.75, 3.05) is 0 Å². The molecule has 0 saturated carbocycles. The van der Waals surface area contributed by atoms with Crippen molar-refractivity contribution in [2.45, 2.75) is 6.61 Å². The summed E-state index contributed by atoms with van der Waals surface area (Å²) in [5.74, 6) is -0.946. The Morgan fingerprint density at radius 2 is 1.92 bits per heavy atom. The van der Waals surface area contributed by atoms with Crippen LogP contribution in [0.5, 0.6) is 0 Å². The number of halogens is 3. The van der Waals surface area contributed by atoms with Crippen LogP contribution >= 0.6 is 34.7 Å². The number of aromatic nitrogens is 2. The second kappa shape index (κ2) is 7.25. The van der Waals surface area contributed by atoms with Gasteiger partial charge in [0.25, 0.3) is 0 Å². The van der Waals surface area contributed by atoms with Crippen LogP contribution in [0.1, 0.15) is 15.2 Å². The average Bonchev–Trinajstić information content (AvgIpc) is 3.04. The van der Waals surface area contributed by atoms with E-state index < -0.39 is 5.97 Å². The van der Waals surface area contributed by atoms with Gasteiger partial charge in [-0.2, -0.15) is 0 Å². The van der Waals surface area contributed by atoms with Gasteiger partial charge in [-0.05, 0) is 47.9 Å². The molecule has 0 atom stereocenters. The van der Waals surface area contributed by atoms with Crippen molar-refractivity contribution in [3.05, 3.63) is 68.8 Å². The summed E-state index contributed by atoms with van der Waals surface area (Å²) < 4.78 is 22.1. The Morgan fingerprint density at radius 1 is 1.17 bits per heavy atom. The standard InChI is InChI=1S/C16H9Cl2FN2O2S/c17-11-4-1-10(13(18)7-11)8-23-16(22)15-14(20-21-24-15)9-2-5-12(19)6-3-9/h1-7H,8H2. The van der Waals surface area contributed by atoms with E-state index in [1.54, 1.807) is 18.2 Å². The smallest absolute Gasteiger partial charge is 0.352 e. The molecule has 122 valence electrons. The van der Waals surface area contributed by atoms with Crippen LogP contribution in [-0.4, -0.2) is 15.6 Å². The molecule has 0 aliphatic rings. The zero-order chi connectivity index (χ0) is 17.1. The van der Waals surface area contributed by atoms with Gasteiger partial charge in [0.1, 0.15) is 18.1 Å². The number of esters is 1. The lowest BCUT2D eigenvalue weighted by Gasteiger charge is -2.06. The van der Waals surface area contributed by atoms with Gasteiger partial charge in [-0.3, -0.25) is 0 Å². The fourth-order valence-corrected chi connectivity index (χ4v) is 3.01. The monoisotopic (exact) mass is 382 g/mol. The first-order valence-electron chi connectivity index (χ1n) is 6.74. The van der Waals surface area contributed by atoms with Crippen molar-refractivity contribution in [1.82, 2.24) is 9.59 Å². The molecular weight excluding hydrogens is 374 g/mol. The van der Waals surface area contributed by atoms with Crippen LogP contribution in [0.2, 0.25) is 10.0 Å². The first-order valence-corrected chi connectivity index (χ1v) is 8.27. The lowest BCUT2D eigenvalue weighted by Crippen LogP contribution is -2.05. The highest BCUT2D eigenvalue weighted by atomic mass is 35.5. The molecule has 0 N–H and O–H groups in total. The van der Waals surface area contributed by atoms with Crippen LogP contribution in [0.15, 0.2) is 42.5 Å². The number of benzene rings is 2. The number of carbonyl (C=O) groups excluding carboxylic acids is 1. The van der Waals surface area contributed by atoms with Crippen LogP contribution in [-0.2, 0) is 11.3 Å². The Morgan fingerprint density at radius 3 is 2.62 bits per heavy atom. The molecule has 0 bridgehead atoms. The third kappa shape index (κ3) is 3.72. The first kappa shape index (κ1) is 16.8. The molecule has 0 aliphatic heterocycles. The van der Waals surface area contributed by atoms with E-state index in [0.717, 1.165) is 11.5 Å². The molecule has 0 aliphatic carbocycles. The van der Waals surface area contributed by atoms with Crippen molar-refractivity contribution in [3.63, 3.8) is 0 Å². The van der Waals surface area contributed by atoms with E-state index in [2.05, 4.69) is 9.59 Å². The maximum Gasteiger partial charge on any atom is 0.352 e. The van der Waals surface area contributed by atoms with Crippen molar-refractivity contribution in [3.8, 4) is 11.3 Å². The average molecular weight is 383 g/mol. The molecule has 0 spiro atoms. The summed E-state index contributed by atoms with van der Waals surface area (Å²) in [4.78, 5) is 12.5. The molecule has 3 rings (SSSR count). The summed E-state index contributed by atoms with van der Waals surface area (Å²) in [6.07, 6.45) is 0. The van der Waals surface area contributed by atoms with Crippen LogP contribution in [0.25, 0.3) is 11.3 Å². The van der Waals surface area contributed by atoms with Crippen LogP contribution in [0, 0.1) is 5.82 Å². The molecule has 3 aromatic rings. The molecule has 0 radical (unpaired) electrons. The lowest BCUT2D eigenvalue weighted by atomic mass is 10.1. The van der Waals surface area contributed by atoms with Gasteiger partial charge in [-0.15, -0.1) is 5.10 Å². The van der Waals surface area contributed by atoms with Gasteiger partial charge in [-0.25, -0.2) is 9.18 Å². The van der Waals surface area contributed by atoms with Crippen LogP contribution < -0.4 is 0 Å². The predicted octanol–water partition coefficient (Wildman–Crippen LogP) is 5.01. The van der Waals surface area contributed by atoms with Gasteiger partial charge >= 0.3 is 5.97 Å². The topological polar surface area (TPSA) is 52.1 Å². The highest BCUT2D eigenvalue weighted by molar-refractivity contribution is 7.08. The van der Waals surface area contributed by atoms with Crippen molar-refractivity contribution in [2.24, 2.45) is 0 Å². The van der Waals surface area contributed by atoms with Gasteiger partial charge in [0, 0.05) is 21.2 Å². The molecule has 8 heteroatoms. The second-order valence-corrected chi connectivity index (χ2v) is 6.37. The Labute approximate surface area is 151 Å². The van der Waals surface area contributed by atoms with E-state index in [0.29, 0.717) is 26.9 Å². The molecule has 1 aromatic heterocycles. The third-order valence-electron chi connectivity index (χ3n) is 3.16. The molecule has 1 heterocycles. The van der Waals surface area contributed by atoms with Crippen LogP contribution in [0.3, 0.4) is 0 Å². The second-order valence-electron chi connectivity index (χ2n) is 4.77. The molecule has 0 amide bonds. The number of carbonyl (C=O) groups is 1. The molecule has 0 unspecified atom stereocenters. The molecule has 24 heavy (non-hydrogen) atoms. The molecule has 2 aromatic carbocycles. The minimum Gasteiger partial charge on any atom is -0.456 e. The highest BCUT2D eigenvalue weighted by Crippen LogP contribution is 2.26. The number of ether oxygens (including phenoxy) is 1. The lowest BCUT2D eigenvalue weighted by molar-refractivity contribution is 0.0479. The van der Waals surface area contributed by atoms with Crippen molar-refractivity contribution in [1.29, 1.82) is 0 Å². The van der Waals surface area contributed by atoms with E-state index in [1.807, 2.05) is 0 Å². The number of nitrogens with zero attached hydrogens (tertiary/aromatic N) is 2. The van der Waals surface area contributed by atoms with Gasteiger partial charge in [-0.1, -0.05) is 33.8 Å². The SMILES string of the molecule is O=C(OCc1ccc(Cl)cc1Cl)c1snnc1-c1ccc(F)cc1. The van der Waals surface area contributed by atoms with Crippen molar-refractivity contribution < 1.29 is 13.9 Å². The summed E-state index contributed by atoms with van der Waals surface area (Å²) in [5, 5.41) is 4.84. The van der Waals surface area contributed by atoms with Gasteiger partial charge in [0.15, 0.2) is 4.88 Å². The van der Waals surface area contributed by atoms with E-state index in [9.17, 15) is 9.18 Å². The zero-order valence-electron chi connectivity index (χ0n) is 12.0. The summed E-state index contributed by atoms with van der Waals surface area (Å²) in [6, 6.07) is 10.6. The minimum atomic E-state index is -0.574. The Hall–Kier alpha value is -2.02. The summed E-state index contributed by atoms with van der Waals surface area (Å²) >= 11 is 12.8. The maximum absolute atomic E-state index is 13.0. The Balaban J connectivity index is 1.76. The number of rotatable bonds is 4. The molecule has 0 fully saturated rings. The summed E-state index contributed by atoms with van der Waals surface area (Å²) in [7, 11) is 0. The van der Waals surface area contributed by atoms with Gasteiger partial charge in [0.05, 0.1) is 0 Å².